The van der Waals surface area contributed by atoms with Gasteiger partial charge in [0, 0.05) is 5.92 Å². The van der Waals surface area contributed by atoms with Crippen molar-refractivity contribution < 1.29 is 19.5 Å². The zero-order chi connectivity index (χ0) is 17.4. The third kappa shape index (κ3) is 2.83. The summed E-state index contributed by atoms with van der Waals surface area (Å²) in [4.78, 5) is 12.6. The van der Waals surface area contributed by atoms with Crippen molar-refractivity contribution in [3.05, 3.63) is 52.4 Å². The fraction of sp³-hybridized carbons (Fsp3) is 0.444. The molecule has 6 nitrogen and oxygen atoms in total. The van der Waals surface area contributed by atoms with Gasteiger partial charge in [-0.3, -0.25) is 4.79 Å². The van der Waals surface area contributed by atoms with E-state index in [0.717, 1.165) is 11.1 Å². The molecule has 6 heteroatoms. The number of rotatable bonds is 3. The molecular weight excluding hydrogens is 308 g/mol. The standard InChI is InChI=1S/C18H22N2O4/c1-9-6-4-5-7-12(9)13-8-14(21)17(22)16(13)19-18(23)15-10(2)20-24-11(15)3/h4-7,13-14,16-17,21-22H,8H2,1-3H3,(H,19,23)/t13-,14-,16-,17-/m1/s1. The van der Waals surface area contributed by atoms with E-state index in [1.807, 2.05) is 31.2 Å². The molecule has 3 N–H and O–H groups in total. The second-order valence-electron chi connectivity index (χ2n) is 6.46. The van der Waals surface area contributed by atoms with Crippen LogP contribution in [0.3, 0.4) is 0 Å². The molecule has 1 saturated carbocycles. The second kappa shape index (κ2) is 6.37. The minimum Gasteiger partial charge on any atom is -0.390 e. The molecule has 4 atom stereocenters. The molecule has 128 valence electrons. The highest BCUT2D eigenvalue weighted by Crippen LogP contribution is 2.37. The van der Waals surface area contributed by atoms with Crippen LogP contribution in [0.15, 0.2) is 28.8 Å². The predicted octanol–water partition coefficient (Wildman–Crippen LogP) is 1.61. The maximum Gasteiger partial charge on any atom is 0.257 e. The Hall–Kier alpha value is -2.18. The first kappa shape index (κ1) is 16.7. The Labute approximate surface area is 140 Å². The van der Waals surface area contributed by atoms with Gasteiger partial charge in [-0.05, 0) is 38.3 Å². The Morgan fingerprint density at radius 3 is 2.58 bits per heavy atom. The lowest BCUT2D eigenvalue weighted by molar-refractivity contribution is 0.0294. The van der Waals surface area contributed by atoms with Crippen LogP contribution in [-0.2, 0) is 0 Å². The molecule has 1 fully saturated rings. The molecule has 1 amide bonds. The van der Waals surface area contributed by atoms with Gasteiger partial charge in [0.2, 0.25) is 0 Å². The van der Waals surface area contributed by atoms with Gasteiger partial charge in [0.25, 0.3) is 5.91 Å². The van der Waals surface area contributed by atoms with Crippen LogP contribution in [-0.4, -0.2) is 39.5 Å². The number of amides is 1. The van der Waals surface area contributed by atoms with Crippen molar-refractivity contribution in [2.75, 3.05) is 0 Å². The van der Waals surface area contributed by atoms with E-state index in [9.17, 15) is 15.0 Å². The SMILES string of the molecule is Cc1ccccc1[C@H]1C[C@@H](O)[C@@H](O)[C@@H]1NC(=O)c1c(C)noc1C. The Balaban J connectivity index is 1.89. The van der Waals surface area contributed by atoms with Gasteiger partial charge in [0.15, 0.2) is 0 Å². The highest BCUT2D eigenvalue weighted by molar-refractivity contribution is 5.96. The minimum atomic E-state index is -1.01. The summed E-state index contributed by atoms with van der Waals surface area (Å²) >= 11 is 0. The summed E-state index contributed by atoms with van der Waals surface area (Å²) in [6.07, 6.45) is -1.48. The normalized spacial score (nSPS) is 26.5. The van der Waals surface area contributed by atoms with Gasteiger partial charge in [-0.25, -0.2) is 0 Å². The number of hydrogen-bond acceptors (Lipinski definition) is 5. The van der Waals surface area contributed by atoms with Crippen molar-refractivity contribution in [1.82, 2.24) is 10.5 Å². The van der Waals surface area contributed by atoms with Crippen LogP contribution >= 0.6 is 0 Å². The highest BCUT2D eigenvalue weighted by atomic mass is 16.5. The molecule has 0 radical (unpaired) electrons. The third-order valence-electron chi connectivity index (χ3n) is 4.84. The van der Waals surface area contributed by atoms with Crippen LogP contribution in [0.25, 0.3) is 0 Å². The van der Waals surface area contributed by atoms with Crippen LogP contribution in [0.4, 0.5) is 0 Å². The van der Waals surface area contributed by atoms with E-state index >= 15 is 0 Å². The number of aromatic nitrogens is 1. The van der Waals surface area contributed by atoms with E-state index in [-0.39, 0.29) is 11.8 Å². The summed E-state index contributed by atoms with van der Waals surface area (Å²) in [5, 5.41) is 27.1. The first-order valence-corrected chi connectivity index (χ1v) is 8.05. The largest absolute Gasteiger partial charge is 0.390 e. The van der Waals surface area contributed by atoms with Crippen LogP contribution in [0.5, 0.6) is 0 Å². The molecule has 1 aliphatic carbocycles. The highest BCUT2D eigenvalue weighted by Gasteiger charge is 2.44. The summed E-state index contributed by atoms with van der Waals surface area (Å²) in [5.41, 5.74) is 2.98. The van der Waals surface area contributed by atoms with Gasteiger partial charge < -0.3 is 20.1 Å². The Kier molecular flexibility index (Phi) is 4.43. The summed E-state index contributed by atoms with van der Waals surface area (Å²) in [6, 6.07) is 7.26. The van der Waals surface area contributed by atoms with Crippen molar-refractivity contribution >= 4 is 5.91 Å². The van der Waals surface area contributed by atoms with E-state index < -0.39 is 18.2 Å². The van der Waals surface area contributed by atoms with E-state index in [2.05, 4.69) is 10.5 Å². The second-order valence-corrected chi connectivity index (χ2v) is 6.46. The number of hydrogen-bond donors (Lipinski definition) is 3. The molecule has 0 saturated heterocycles. The lowest BCUT2D eigenvalue weighted by atomic mass is 9.90. The first-order valence-electron chi connectivity index (χ1n) is 8.05. The maximum atomic E-state index is 12.6. The van der Waals surface area contributed by atoms with E-state index in [1.165, 1.54) is 0 Å². The average molecular weight is 330 g/mol. The number of aliphatic hydroxyl groups excluding tert-OH is 2. The number of carbonyl (C=O) groups is 1. The predicted molar refractivity (Wildman–Crippen MR) is 87.8 cm³/mol. The Morgan fingerprint density at radius 2 is 1.96 bits per heavy atom. The first-order chi connectivity index (χ1) is 11.4. The third-order valence-corrected chi connectivity index (χ3v) is 4.84. The molecule has 2 aromatic rings. The van der Waals surface area contributed by atoms with E-state index in [1.54, 1.807) is 13.8 Å². The van der Waals surface area contributed by atoms with E-state index in [0.29, 0.717) is 23.4 Å². The molecule has 24 heavy (non-hydrogen) atoms. The monoisotopic (exact) mass is 330 g/mol. The van der Waals surface area contributed by atoms with Gasteiger partial charge in [-0.15, -0.1) is 0 Å². The molecule has 0 unspecified atom stereocenters. The van der Waals surface area contributed by atoms with Crippen LogP contribution < -0.4 is 5.32 Å². The van der Waals surface area contributed by atoms with Crippen LogP contribution in [0.1, 0.15) is 45.3 Å². The molecule has 0 aliphatic heterocycles. The Morgan fingerprint density at radius 1 is 1.25 bits per heavy atom. The van der Waals surface area contributed by atoms with Crippen LogP contribution in [0.2, 0.25) is 0 Å². The number of nitrogens with one attached hydrogen (secondary N) is 1. The number of benzene rings is 1. The zero-order valence-electron chi connectivity index (χ0n) is 14.0. The fourth-order valence-corrected chi connectivity index (χ4v) is 3.56. The number of carbonyl (C=O) groups excluding carboxylic acids is 1. The van der Waals surface area contributed by atoms with Gasteiger partial charge in [0.1, 0.15) is 17.4 Å². The lowest BCUT2D eigenvalue weighted by Crippen LogP contribution is -2.45. The summed E-state index contributed by atoms with van der Waals surface area (Å²) in [7, 11) is 0. The number of nitrogens with zero attached hydrogens (tertiary/aromatic N) is 1. The quantitative estimate of drug-likeness (QED) is 0.794. The zero-order valence-corrected chi connectivity index (χ0v) is 14.0. The average Bonchev–Trinajstić information content (AvgIpc) is 3.01. The molecule has 0 bridgehead atoms. The van der Waals surface area contributed by atoms with Gasteiger partial charge in [0.05, 0.1) is 17.8 Å². The van der Waals surface area contributed by atoms with Gasteiger partial charge in [-0.2, -0.15) is 0 Å². The van der Waals surface area contributed by atoms with Crippen molar-refractivity contribution in [3.63, 3.8) is 0 Å². The smallest absolute Gasteiger partial charge is 0.257 e. The van der Waals surface area contributed by atoms with Crippen molar-refractivity contribution in [1.29, 1.82) is 0 Å². The molecule has 0 spiro atoms. The van der Waals surface area contributed by atoms with Gasteiger partial charge in [-0.1, -0.05) is 29.4 Å². The number of aliphatic hydroxyl groups is 2. The number of aryl methyl sites for hydroxylation is 3. The molecule has 1 aliphatic rings. The summed E-state index contributed by atoms with van der Waals surface area (Å²) in [5.74, 6) is -0.0610. The molecule has 1 heterocycles. The molecular formula is C18H22N2O4. The molecule has 1 aromatic heterocycles. The lowest BCUT2D eigenvalue weighted by Gasteiger charge is -2.25. The molecule has 3 rings (SSSR count). The van der Waals surface area contributed by atoms with E-state index in [4.69, 9.17) is 4.52 Å². The van der Waals surface area contributed by atoms with Crippen molar-refractivity contribution in [3.8, 4) is 0 Å². The van der Waals surface area contributed by atoms with Gasteiger partial charge >= 0.3 is 0 Å². The van der Waals surface area contributed by atoms with Crippen molar-refractivity contribution in [2.45, 2.75) is 51.4 Å². The summed E-state index contributed by atoms with van der Waals surface area (Å²) in [6.45, 7) is 5.36. The maximum absolute atomic E-state index is 12.6. The molecule has 1 aromatic carbocycles. The van der Waals surface area contributed by atoms with Crippen LogP contribution in [0, 0.1) is 20.8 Å². The minimum absolute atomic E-state index is 0.152. The van der Waals surface area contributed by atoms with Crippen molar-refractivity contribution in [2.24, 2.45) is 0 Å². The Bertz CT molecular complexity index is 736. The topological polar surface area (TPSA) is 95.6 Å². The fourth-order valence-electron chi connectivity index (χ4n) is 3.56. The summed E-state index contributed by atoms with van der Waals surface area (Å²) < 4.78 is 5.04.